The van der Waals surface area contributed by atoms with Crippen LogP contribution in [0.1, 0.15) is 10.4 Å². The Bertz CT molecular complexity index is 746. The summed E-state index contributed by atoms with van der Waals surface area (Å²) in [5, 5.41) is 0.424. The summed E-state index contributed by atoms with van der Waals surface area (Å²) in [7, 11) is -3.84. The molecule has 0 spiro atoms. The predicted molar refractivity (Wildman–Crippen MR) is 83.4 cm³/mol. The van der Waals surface area contributed by atoms with Crippen molar-refractivity contribution < 1.29 is 13.2 Å². The Balaban J connectivity index is 2.06. The quantitative estimate of drug-likeness (QED) is 0.790. The zero-order chi connectivity index (χ0) is 15.5. The van der Waals surface area contributed by atoms with Crippen molar-refractivity contribution >= 4 is 43.5 Å². The summed E-state index contributed by atoms with van der Waals surface area (Å²) in [4.78, 5) is 13.8. The van der Waals surface area contributed by atoms with E-state index in [1.807, 2.05) is 4.83 Å². The molecular weight excluding hydrogens is 380 g/mol. The number of nitrogens with one attached hydrogen (secondary N) is 2. The molecule has 2 rings (SSSR count). The number of halogens is 2. The molecule has 0 aliphatic heterocycles. The van der Waals surface area contributed by atoms with Crippen LogP contribution in [-0.2, 0) is 10.0 Å². The maximum Gasteiger partial charge on any atom is 0.266 e. The molecule has 0 bridgehead atoms. The van der Waals surface area contributed by atoms with Gasteiger partial charge in [-0.2, -0.15) is 0 Å². The van der Waals surface area contributed by atoms with E-state index >= 15 is 0 Å². The van der Waals surface area contributed by atoms with Gasteiger partial charge >= 0.3 is 0 Å². The monoisotopic (exact) mass is 388 g/mol. The maximum absolute atomic E-state index is 12.0. The summed E-state index contributed by atoms with van der Waals surface area (Å²) < 4.78 is 24.7. The first-order chi connectivity index (χ1) is 9.88. The Morgan fingerprint density at radius 1 is 1.00 bits per heavy atom. The molecule has 0 aliphatic carbocycles. The van der Waals surface area contributed by atoms with Gasteiger partial charge in [-0.3, -0.25) is 10.2 Å². The van der Waals surface area contributed by atoms with Crippen molar-refractivity contribution in [1.29, 1.82) is 0 Å². The lowest BCUT2D eigenvalue weighted by Crippen LogP contribution is -2.41. The van der Waals surface area contributed by atoms with Gasteiger partial charge < -0.3 is 0 Å². The molecule has 5 nitrogen and oxygen atoms in total. The number of carbonyl (C=O) groups excluding carboxylic acids is 1. The average molecular weight is 390 g/mol. The molecule has 0 saturated carbocycles. The van der Waals surface area contributed by atoms with Gasteiger partial charge in [-0.25, -0.2) is 8.42 Å². The molecule has 0 unspecified atom stereocenters. The first-order valence-corrected chi connectivity index (χ1v) is 8.37. The minimum absolute atomic E-state index is 0.00278. The molecule has 2 N–H and O–H groups in total. The molecule has 0 saturated heterocycles. The first kappa shape index (κ1) is 16.0. The SMILES string of the molecule is O=C(NNS(=O)(=O)c1ccc(Cl)cc1)c1ccc(Br)cc1. The molecule has 0 aromatic heterocycles. The molecule has 2 aromatic carbocycles. The number of rotatable bonds is 4. The molecule has 110 valence electrons. The van der Waals surface area contributed by atoms with Crippen LogP contribution in [0.15, 0.2) is 57.9 Å². The Hall–Kier alpha value is -1.41. The van der Waals surface area contributed by atoms with Crippen LogP contribution >= 0.6 is 27.5 Å². The normalized spacial score (nSPS) is 11.1. The van der Waals surface area contributed by atoms with E-state index in [1.54, 1.807) is 24.3 Å². The Morgan fingerprint density at radius 2 is 1.57 bits per heavy atom. The second kappa shape index (κ2) is 6.57. The van der Waals surface area contributed by atoms with Crippen LogP contribution in [0.25, 0.3) is 0 Å². The topological polar surface area (TPSA) is 75.3 Å². The highest BCUT2D eigenvalue weighted by Gasteiger charge is 2.15. The van der Waals surface area contributed by atoms with Gasteiger partial charge in [-0.1, -0.05) is 27.5 Å². The van der Waals surface area contributed by atoms with Gasteiger partial charge in [0, 0.05) is 15.1 Å². The minimum Gasteiger partial charge on any atom is -0.273 e. The van der Waals surface area contributed by atoms with E-state index in [-0.39, 0.29) is 4.90 Å². The van der Waals surface area contributed by atoms with Crippen molar-refractivity contribution in [3.05, 3.63) is 63.6 Å². The summed E-state index contributed by atoms with van der Waals surface area (Å²) >= 11 is 8.94. The molecular formula is C13H10BrClN2O3S. The molecule has 8 heteroatoms. The van der Waals surface area contributed by atoms with Gasteiger partial charge in [-0.05, 0) is 48.5 Å². The third kappa shape index (κ3) is 4.28. The third-order valence-electron chi connectivity index (χ3n) is 2.53. The highest BCUT2D eigenvalue weighted by atomic mass is 79.9. The van der Waals surface area contributed by atoms with Gasteiger partial charge in [0.2, 0.25) is 0 Å². The molecule has 1 amide bonds. The molecule has 2 aromatic rings. The Kier molecular flexibility index (Phi) is 5.00. The minimum atomic E-state index is -3.84. The fourth-order valence-electron chi connectivity index (χ4n) is 1.46. The maximum atomic E-state index is 12.0. The van der Waals surface area contributed by atoms with Gasteiger partial charge in [0.1, 0.15) is 0 Å². The van der Waals surface area contributed by atoms with Crippen LogP contribution in [0.4, 0.5) is 0 Å². The van der Waals surface area contributed by atoms with E-state index < -0.39 is 15.9 Å². The summed E-state index contributed by atoms with van der Waals surface area (Å²) in [6.45, 7) is 0. The van der Waals surface area contributed by atoms with Crippen molar-refractivity contribution in [1.82, 2.24) is 10.3 Å². The number of hydrogen-bond donors (Lipinski definition) is 2. The zero-order valence-corrected chi connectivity index (χ0v) is 13.7. The van der Waals surface area contributed by atoms with E-state index in [0.29, 0.717) is 10.6 Å². The lowest BCUT2D eigenvalue weighted by atomic mass is 10.2. The van der Waals surface area contributed by atoms with Crippen molar-refractivity contribution in [3.8, 4) is 0 Å². The van der Waals surface area contributed by atoms with Crippen LogP contribution in [0.2, 0.25) is 5.02 Å². The molecule has 0 heterocycles. The van der Waals surface area contributed by atoms with Crippen LogP contribution in [-0.4, -0.2) is 14.3 Å². The molecule has 0 atom stereocenters. The lowest BCUT2D eigenvalue weighted by molar-refractivity contribution is 0.0945. The van der Waals surface area contributed by atoms with E-state index in [2.05, 4.69) is 21.4 Å². The lowest BCUT2D eigenvalue weighted by Gasteiger charge is -2.08. The molecule has 21 heavy (non-hydrogen) atoms. The van der Waals surface area contributed by atoms with Crippen molar-refractivity contribution in [2.45, 2.75) is 4.90 Å². The largest absolute Gasteiger partial charge is 0.273 e. The van der Waals surface area contributed by atoms with Crippen LogP contribution in [0.5, 0.6) is 0 Å². The van der Waals surface area contributed by atoms with Gasteiger partial charge in [0.25, 0.3) is 15.9 Å². The summed E-state index contributed by atoms with van der Waals surface area (Å²) in [6, 6.07) is 12.1. The predicted octanol–water partition coefficient (Wildman–Crippen LogP) is 2.73. The van der Waals surface area contributed by atoms with Crippen molar-refractivity contribution in [2.75, 3.05) is 0 Å². The van der Waals surface area contributed by atoms with Gasteiger partial charge in [0.15, 0.2) is 0 Å². The highest BCUT2D eigenvalue weighted by molar-refractivity contribution is 9.10. The Morgan fingerprint density at radius 3 is 2.14 bits per heavy atom. The second-order valence-corrected chi connectivity index (χ2v) is 7.05. The van der Waals surface area contributed by atoms with Crippen molar-refractivity contribution in [2.24, 2.45) is 0 Å². The number of hydrazine groups is 1. The summed E-state index contributed by atoms with van der Waals surface area (Å²) in [5.74, 6) is -0.556. The number of hydrogen-bond acceptors (Lipinski definition) is 3. The fraction of sp³-hybridized carbons (Fsp3) is 0. The van der Waals surface area contributed by atoms with Crippen molar-refractivity contribution in [3.63, 3.8) is 0 Å². The summed E-state index contributed by atoms with van der Waals surface area (Å²) in [6.07, 6.45) is 0. The van der Waals surface area contributed by atoms with Crippen LogP contribution < -0.4 is 10.3 Å². The number of sulfonamides is 1. The zero-order valence-electron chi connectivity index (χ0n) is 10.5. The van der Waals surface area contributed by atoms with Crippen LogP contribution in [0.3, 0.4) is 0 Å². The van der Waals surface area contributed by atoms with Gasteiger partial charge in [0.05, 0.1) is 4.90 Å². The standard InChI is InChI=1S/C13H10BrClN2O3S/c14-10-3-1-9(2-4-10)13(18)16-17-21(19,20)12-7-5-11(15)6-8-12/h1-8,17H,(H,16,18). The number of carbonyl (C=O) groups is 1. The van der Waals surface area contributed by atoms with Gasteiger partial charge in [-0.15, -0.1) is 4.83 Å². The Labute approximate surface area is 135 Å². The smallest absolute Gasteiger partial charge is 0.266 e. The fourth-order valence-corrected chi connectivity index (χ4v) is 2.69. The van der Waals surface area contributed by atoms with E-state index in [1.165, 1.54) is 24.3 Å². The second-order valence-electron chi connectivity index (χ2n) is 4.02. The van der Waals surface area contributed by atoms with E-state index in [4.69, 9.17) is 11.6 Å². The number of amides is 1. The van der Waals surface area contributed by atoms with E-state index in [0.717, 1.165) is 4.47 Å². The molecule has 0 fully saturated rings. The third-order valence-corrected chi connectivity index (χ3v) is 4.57. The number of benzene rings is 2. The summed E-state index contributed by atoms with van der Waals surface area (Å²) in [5.41, 5.74) is 2.48. The van der Waals surface area contributed by atoms with E-state index in [9.17, 15) is 13.2 Å². The first-order valence-electron chi connectivity index (χ1n) is 5.72. The average Bonchev–Trinajstić information content (AvgIpc) is 2.46. The highest BCUT2D eigenvalue weighted by Crippen LogP contribution is 2.13. The molecule has 0 aliphatic rings. The molecule has 0 radical (unpaired) electrons. The van der Waals surface area contributed by atoms with Crippen LogP contribution in [0, 0.1) is 0 Å².